The number of piperidine rings is 2. The topological polar surface area (TPSA) is 15.3 Å². The molecule has 2 unspecified atom stereocenters. The smallest absolute Gasteiger partial charge is 0.150 e. The highest BCUT2D eigenvalue weighted by atomic mass is 79.9. The van der Waals surface area contributed by atoms with E-state index in [0.29, 0.717) is 28.3 Å². The van der Waals surface area contributed by atoms with Crippen molar-refractivity contribution in [2.24, 2.45) is 0 Å². The SMILES string of the molecule is CCNC1CC2CCCC(C1)N2c1c(F)cc(F)cc1Br. The predicted molar refractivity (Wildman–Crippen MR) is 84.7 cm³/mol. The molecule has 2 heterocycles. The molecule has 21 heavy (non-hydrogen) atoms. The van der Waals surface area contributed by atoms with E-state index >= 15 is 0 Å². The summed E-state index contributed by atoms with van der Waals surface area (Å²) < 4.78 is 28.2. The first-order valence-corrected chi connectivity index (χ1v) is 8.55. The first kappa shape index (κ1) is 15.2. The summed E-state index contributed by atoms with van der Waals surface area (Å²) in [4.78, 5) is 2.20. The number of nitrogens with one attached hydrogen (secondary N) is 1. The molecule has 1 N–H and O–H groups in total. The molecule has 116 valence electrons. The number of halogens is 3. The Kier molecular flexibility index (Phi) is 4.50. The Bertz CT molecular complexity index is 486. The Morgan fingerprint density at radius 1 is 1.24 bits per heavy atom. The first-order chi connectivity index (χ1) is 10.1. The summed E-state index contributed by atoms with van der Waals surface area (Å²) in [5, 5.41) is 3.53. The van der Waals surface area contributed by atoms with Gasteiger partial charge < -0.3 is 10.2 Å². The van der Waals surface area contributed by atoms with Crippen LogP contribution in [0.2, 0.25) is 0 Å². The monoisotopic (exact) mass is 358 g/mol. The zero-order valence-electron chi connectivity index (χ0n) is 12.2. The van der Waals surface area contributed by atoms with Crippen LogP contribution in [0.25, 0.3) is 0 Å². The van der Waals surface area contributed by atoms with Crippen molar-refractivity contribution in [3.05, 3.63) is 28.2 Å². The average Bonchev–Trinajstić information content (AvgIpc) is 2.38. The van der Waals surface area contributed by atoms with Crippen molar-refractivity contribution >= 4 is 21.6 Å². The van der Waals surface area contributed by atoms with Crippen LogP contribution < -0.4 is 10.2 Å². The highest BCUT2D eigenvalue weighted by molar-refractivity contribution is 9.10. The Balaban J connectivity index is 1.92. The van der Waals surface area contributed by atoms with Crippen molar-refractivity contribution in [1.82, 2.24) is 5.32 Å². The minimum atomic E-state index is -0.532. The third-order valence-corrected chi connectivity index (χ3v) is 5.31. The first-order valence-electron chi connectivity index (χ1n) is 7.76. The van der Waals surface area contributed by atoms with Crippen molar-refractivity contribution < 1.29 is 8.78 Å². The van der Waals surface area contributed by atoms with Gasteiger partial charge in [-0.2, -0.15) is 0 Å². The minimum absolute atomic E-state index is 0.345. The fraction of sp³-hybridized carbons (Fsp3) is 0.625. The lowest BCUT2D eigenvalue weighted by Gasteiger charge is -2.50. The fourth-order valence-corrected chi connectivity index (χ4v) is 4.60. The van der Waals surface area contributed by atoms with Crippen LogP contribution in [0.1, 0.15) is 39.0 Å². The minimum Gasteiger partial charge on any atom is -0.362 e. The quantitative estimate of drug-likeness (QED) is 0.869. The van der Waals surface area contributed by atoms with Crippen molar-refractivity contribution in [3.63, 3.8) is 0 Å². The molecule has 2 bridgehead atoms. The number of benzene rings is 1. The van der Waals surface area contributed by atoms with E-state index in [-0.39, 0.29) is 0 Å². The molecule has 0 aromatic heterocycles. The maximum Gasteiger partial charge on any atom is 0.150 e. The molecule has 0 radical (unpaired) electrons. The van der Waals surface area contributed by atoms with E-state index in [1.165, 1.54) is 12.5 Å². The van der Waals surface area contributed by atoms with E-state index in [1.54, 1.807) is 0 Å². The molecule has 2 aliphatic heterocycles. The lowest BCUT2D eigenvalue weighted by Crippen LogP contribution is -2.56. The fourth-order valence-electron chi connectivity index (χ4n) is 3.98. The predicted octanol–water partition coefficient (Wildman–Crippen LogP) is 4.23. The third-order valence-electron chi connectivity index (χ3n) is 4.71. The lowest BCUT2D eigenvalue weighted by molar-refractivity contribution is 0.245. The van der Waals surface area contributed by atoms with Crippen molar-refractivity contribution in [2.45, 2.75) is 57.2 Å². The summed E-state index contributed by atoms with van der Waals surface area (Å²) in [6.45, 7) is 3.09. The molecule has 1 aromatic carbocycles. The Morgan fingerprint density at radius 2 is 1.90 bits per heavy atom. The number of hydrogen-bond donors (Lipinski definition) is 1. The molecule has 0 amide bonds. The summed E-state index contributed by atoms with van der Waals surface area (Å²) in [5.41, 5.74) is 0.543. The van der Waals surface area contributed by atoms with E-state index in [9.17, 15) is 8.78 Å². The Morgan fingerprint density at radius 3 is 2.48 bits per heavy atom. The van der Waals surface area contributed by atoms with Crippen molar-refractivity contribution in [2.75, 3.05) is 11.4 Å². The largest absolute Gasteiger partial charge is 0.362 e. The molecule has 0 aliphatic carbocycles. The molecule has 1 aromatic rings. The van der Waals surface area contributed by atoms with Crippen LogP contribution in [0.5, 0.6) is 0 Å². The maximum absolute atomic E-state index is 14.3. The highest BCUT2D eigenvalue weighted by Gasteiger charge is 2.39. The van der Waals surface area contributed by atoms with Crippen LogP contribution in [-0.2, 0) is 0 Å². The van der Waals surface area contributed by atoms with Gasteiger partial charge >= 0.3 is 0 Å². The van der Waals surface area contributed by atoms with Gasteiger partial charge in [-0.05, 0) is 60.6 Å². The van der Waals surface area contributed by atoms with Gasteiger partial charge in [0, 0.05) is 28.7 Å². The van der Waals surface area contributed by atoms with Gasteiger partial charge in [0.2, 0.25) is 0 Å². The summed E-state index contributed by atoms with van der Waals surface area (Å²) in [7, 11) is 0. The van der Waals surface area contributed by atoms with Crippen LogP contribution in [0.15, 0.2) is 16.6 Å². The van der Waals surface area contributed by atoms with Crippen LogP contribution in [0.4, 0.5) is 14.5 Å². The van der Waals surface area contributed by atoms with Gasteiger partial charge in [-0.25, -0.2) is 8.78 Å². The summed E-state index contributed by atoms with van der Waals surface area (Å²) in [6, 6.07) is 3.57. The number of hydrogen-bond acceptors (Lipinski definition) is 2. The molecule has 2 fully saturated rings. The molecule has 2 aliphatic rings. The standard InChI is InChI=1S/C16H21BrF2N2/c1-2-20-11-8-12-4-3-5-13(9-11)21(12)16-14(17)6-10(18)7-15(16)19/h6-7,11-13,20H,2-5,8-9H2,1H3. The number of nitrogens with zero attached hydrogens (tertiary/aromatic N) is 1. The molecular formula is C16H21BrF2N2. The molecule has 2 atom stereocenters. The molecular weight excluding hydrogens is 338 g/mol. The molecule has 5 heteroatoms. The van der Waals surface area contributed by atoms with E-state index in [4.69, 9.17) is 0 Å². The normalized spacial score (nSPS) is 28.8. The Labute approximate surface area is 133 Å². The van der Waals surface area contributed by atoms with Gasteiger partial charge in [-0.1, -0.05) is 6.92 Å². The molecule has 0 saturated carbocycles. The highest BCUT2D eigenvalue weighted by Crippen LogP contribution is 2.42. The zero-order valence-corrected chi connectivity index (χ0v) is 13.8. The van der Waals surface area contributed by atoms with Crippen LogP contribution in [0, 0.1) is 11.6 Å². The number of rotatable bonds is 3. The van der Waals surface area contributed by atoms with E-state index in [2.05, 4.69) is 33.1 Å². The maximum atomic E-state index is 14.3. The van der Waals surface area contributed by atoms with E-state index in [0.717, 1.165) is 38.3 Å². The van der Waals surface area contributed by atoms with E-state index < -0.39 is 11.6 Å². The van der Waals surface area contributed by atoms with Crippen LogP contribution in [0.3, 0.4) is 0 Å². The molecule has 3 rings (SSSR count). The molecule has 0 spiro atoms. The lowest BCUT2D eigenvalue weighted by atomic mass is 9.81. The van der Waals surface area contributed by atoms with Gasteiger partial charge in [0.05, 0.1) is 5.69 Å². The summed E-state index contributed by atoms with van der Waals surface area (Å²) in [5.74, 6) is -0.989. The van der Waals surface area contributed by atoms with Gasteiger partial charge in [0.25, 0.3) is 0 Å². The van der Waals surface area contributed by atoms with E-state index in [1.807, 2.05) is 0 Å². The van der Waals surface area contributed by atoms with Crippen molar-refractivity contribution in [3.8, 4) is 0 Å². The number of anilines is 1. The third kappa shape index (κ3) is 2.95. The summed E-state index contributed by atoms with van der Waals surface area (Å²) in [6.07, 6.45) is 5.44. The zero-order chi connectivity index (χ0) is 15.0. The second kappa shape index (κ2) is 6.21. The average molecular weight is 359 g/mol. The number of fused-ring (bicyclic) bond motifs is 2. The van der Waals surface area contributed by atoms with Crippen LogP contribution >= 0.6 is 15.9 Å². The second-order valence-electron chi connectivity index (χ2n) is 6.09. The van der Waals surface area contributed by atoms with Gasteiger partial charge in [0.1, 0.15) is 5.82 Å². The van der Waals surface area contributed by atoms with Gasteiger partial charge in [-0.3, -0.25) is 0 Å². The van der Waals surface area contributed by atoms with Gasteiger partial charge in [-0.15, -0.1) is 0 Å². The van der Waals surface area contributed by atoms with Gasteiger partial charge in [0.15, 0.2) is 5.82 Å². The Hall–Kier alpha value is -0.680. The summed E-state index contributed by atoms with van der Waals surface area (Å²) >= 11 is 3.35. The second-order valence-corrected chi connectivity index (χ2v) is 6.94. The molecule has 2 saturated heterocycles. The molecule has 2 nitrogen and oxygen atoms in total. The van der Waals surface area contributed by atoms with Crippen molar-refractivity contribution in [1.29, 1.82) is 0 Å². The van der Waals surface area contributed by atoms with Crippen LogP contribution in [-0.4, -0.2) is 24.7 Å².